The quantitative estimate of drug-likeness (QED) is 0.222. The zero-order chi connectivity index (χ0) is 19.9. The van der Waals surface area contributed by atoms with E-state index in [1.54, 1.807) is 0 Å². The maximum Gasteiger partial charge on any atom is 0.327 e. The minimum atomic E-state index is -1.51. The lowest BCUT2D eigenvalue weighted by Gasteiger charge is -2.26. The van der Waals surface area contributed by atoms with Crippen molar-refractivity contribution in [2.24, 2.45) is 5.73 Å². The summed E-state index contributed by atoms with van der Waals surface area (Å²) in [5.41, 5.74) is 5.92. The van der Waals surface area contributed by atoms with Crippen LogP contribution in [0.25, 0.3) is 0 Å². The molecule has 4 atom stereocenters. The lowest BCUT2D eigenvalue weighted by molar-refractivity contribution is -0.145. The molecule has 1 heterocycles. The Morgan fingerprint density at radius 1 is 1.23 bits per heavy atom. The number of carbonyl (C=O) groups is 4. The molecule has 0 aliphatic carbocycles. The van der Waals surface area contributed by atoms with Crippen molar-refractivity contribution < 1.29 is 34.5 Å². The number of aromatic nitrogens is 2. The fraction of sp³-hybridized carbons (Fsp3) is 0.500. The van der Waals surface area contributed by atoms with Gasteiger partial charge in [0.15, 0.2) is 0 Å². The number of nitrogens with zero attached hydrogens (tertiary/aromatic N) is 1. The summed E-state index contributed by atoms with van der Waals surface area (Å²) < 4.78 is 0. The maximum absolute atomic E-state index is 11.9. The number of amides is 1. The van der Waals surface area contributed by atoms with Crippen LogP contribution in [0.4, 0.5) is 0 Å². The highest BCUT2D eigenvalue weighted by Crippen LogP contribution is 2.04. The van der Waals surface area contributed by atoms with Crippen molar-refractivity contribution in [1.82, 2.24) is 20.6 Å². The van der Waals surface area contributed by atoms with Gasteiger partial charge in [0.05, 0.1) is 18.8 Å². The van der Waals surface area contributed by atoms with Gasteiger partial charge in [-0.1, -0.05) is 0 Å². The summed E-state index contributed by atoms with van der Waals surface area (Å²) in [5, 5.41) is 32.0. The molecule has 12 heteroatoms. The molecule has 1 rings (SSSR count). The Morgan fingerprint density at radius 2 is 1.88 bits per heavy atom. The number of hydrogen-bond acceptors (Lipinski definition) is 7. The van der Waals surface area contributed by atoms with E-state index in [0.29, 0.717) is 5.69 Å². The van der Waals surface area contributed by atoms with Crippen molar-refractivity contribution in [3.8, 4) is 0 Å². The van der Waals surface area contributed by atoms with E-state index >= 15 is 0 Å². The third-order valence-electron chi connectivity index (χ3n) is 3.54. The zero-order valence-corrected chi connectivity index (χ0v) is 13.9. The summed E-state index contributed by atoms with van der Waals surface area (Å²) in [6, 6.07) is -5.07. The van der Waals surface area contributed by atoms with E-state index in [4.69, 9.17) is 10.8 Å². The Morgan fingerprint density at radius 3 is 2.35 bits per heavy atom. The SMILES string of the molecule is C[C@@H](N[C@@H](Cc1cnc[nH]1)C(=O)O)[C@H](NC(=O)[C@@H](N)CC(=O)O)C(=O)O. The molecule has 0 spiro atoms. The molecule has 12 nitrogen and oxygen atoms in total. The first-order valence-electron chi connectivity index (χ1n) is 7.58. The summed E-state index contributed by atoms with van der Waals surface area (Å²) in [4.78, 5) is 51.7. The molecular formula is C14H21N5O7. The lowest BCUT2D eigenvalue weighted by Crippen LogP contribution is -2.59. The molecule has 26 heavy (non-hydrogen) atoms. The molecule has 0 saturated carbocycles. The molecule has 0 bridgehead atoms. The van der Waals surface area contributed by atoms with Gasteiger partial charge >= 0.3 is 17.9 Å². The van der Waals surface area contributed by atoms with Gasteiger partial charge in [0, 0.05) is 24.4 Å². The molecule has 1 aromatic rings. The van der Waals surface area contributed by atoms with Crippen LogP contribution in [-0.4, -0.2) is 73.3 Å². The van der Waals surface area contributed by atoms with Crippen molar-refractivity contribution in [2.45, 2.75) is 43.9 Å². The monoisotopic (exact) mass is 371 g/mol. The number of aliphatic carboxylic acids is 3. The van der Waals surface area contributed by atoms with Gasteiger partial charge in [-0.05, 0) is 6.92 Å². The fourth-order valence-corrected chi connectivity index (χ4v) is 2.19. The number of H-pyrrole nitrogens is 1. The number of carbonyl (C=O) groups excluding carboxylic acids is 1. The molecular weight excluding hydrogens is 350 g/mol. The van der Waals surface area contributed by atoms with E-state index < -0.39 is 54.4 Å². The van der Waals surface area contributed by atoms with E-state index in [-0.39, 0.29) is 6.42 Å². The minimum Gasteiger partial charge on any atom is -0.481 e. The second kappa shape index (κ2) is 9.48. The molecule has 144 valence electrons. The van der Waals surface area contributed by atoms with Gasteiger partial charge < -0.3 is 31.4 Å². The fourth-order valence-electron chi connectivity index (χ4n) is 2.19. The van der Waals surface area contributed by atoms with Crippen LogP contribution >= 0.6 is 0 Å². The summed E-state index contributed by atoms with van der Waals surface area (Å²) in [6.07, 6.45) is 2.15. The predicted molar refractivity (Wildman–Crippen MR) is 86.1 cm³/mol. The lowest BCUT2D eigenvalue weighted by atomic mass is 10.1. The topological polar surface area (TPSA) is 208 Å². The normalized spacial score (nSPS) is 15.5. The van der Waals surface area contributed by atoms with Crippen molar-refractivity contribution >= 4 is 23.8 Å². The van der Waals surface area contributed by atoms with Crippen molar-refractivity contribution in [2.75, 3.05) is 0 Å². The number of aromatic amines is 1. The highest BCUT2D eigenvalue weighted by atomic mass is 16.4. The Hall–Kier alpha value is -2.99. The third kappa shape index (κ3) is 6.49. The summed E-state index contributed by atoms with van der Waals surface area (Å²) in [5.74, 6) is -4.92. The van der Waals surface area contributed by atoms with Gasteiger partial charge in [-0.25, -0.2) is 9.78 Å². The smallest absolute Gasteiger partial charge is 0.327 e. The number of rotatable bonds is 11. The van der Waals surface area contributed by atoms with E-state index in [1.807, 2.05) is 0 Å². The van der Waals surface area contributed by atoms with Gasteiger partial charge in [-0.3, -0.25) is 19.7 Å². The van der Waals surface area contributed by atoms with E-state index in [1.165, 1.54) is 19.4 Å². The largest absolute Gasteiger partial charge is 0.481 e. The highest BCUT2D eigenvalue weighted by molar-refractivity contribution is 5.89. The Bertz CT molecular complexity index is 648. The number of carboxylic acids is 3. The number of hydrogen-bond donors (Lipinski definition) is 7. The molecule has 8 N–H and O–H groups in total. The first-order chi connectivity index (χ1) is 12.1. The van der Waals surface area contributed by atoms with E-state index in [0.717, 1.165) is 0 Å². The predicted octanol–water partition coefficient (Wildman–Crippen LogP) is -2.25. The zero-order valence-electron chi connectivity index (χ0n) is 13.9. The van der Waals surface area contributed by atoms with Gasteiger partial charge in [0.1, 0.15) is 12.1 Å². The second-order valence-electron chi connectivity index (χ2n) is 5.66. The average molecular weight is 371 g/mol. The highest BCUT2D eigenvalue weighted by Gasteiger charge is 2.32. The molecule has 0 aromatic carbocycles. The minimum absolute atomic E-state index is 0.0124. The molecule has 0 unspecified atom stereocenters. The summed E-state index contributed by atoms with van der Waals surface area (Å²) in [7, 11) is 0. The van der Waals surface area contributed by atoms with Crippen molar-refractivity contribution in [3.05, 3.63) is 18.2 Å². The third-order valence-corrected chi connectivity index (χ3v) is 3.54. The van der Waals surface area contributed by atoms with E-state index in [2.05, 4.69) is 20.6 Å². The Balaban J connectivity index is 2.77. The Kier molecular flexibility index (Phi) is 7.68. The van der Waals surface area contributed by atoms with Gasteiger partial charge in [0.25, 0.3) is 0 Å². The van der Waals surface area contributed by atoms with Crippen molar-refractivity contribution in [3.63, 3.8) is 0 Å². The van der Waals surface area contributed by atoms with Crippen LogP contribution in [0.15, 0.2) is 12.5 Å². The maximum atomic E-state index is 11.9. The molecule has 0 saturated heterocycles. The van der Waals surface area contributed by atoms with Crippen LogP contribution in [0.5, 0.6) is 0 Å². The number of nitrogens with one attached hydrogen (secondary N) is 3. The summed E-state index contributed by atoms with van der Waals surface area (Å²) >= 11 is 0. The van der Waals surface area contributed by atoms with Crippen LogP contribution in [0, 0.1) is 0 Å². The molecule has 0 aliphatic heterocycles. The molecule has 0 radical (unpaired) electrons. The van der Waals surface area contributed by atoms with Crippen LogP contribution in [-0.2, 0) is 25.6 Å². The average Bonchev–Trinajstić information content (AvgIpc) is 3.03. The van der Waals surface area contributed by atoms with Gasteiger partial charge in [-0.2, -0.15) is 0 Å². The molecule has 0 fully saturated rings. The first kappa shape index (κ1) is 21.1. The van der Waals surface area contributed by atoms with Crippen LogP contribution in [0.1, 0.15) is 19.0 Å². The number of nitrogens with two attached hydrogens (primary N) is 1. The number of imidazole rings is 1. The second-order valence-corrected chi connectivity index (χ2v) is 5.66. The standard InChI is InChI=1S/C14H21N5O7/c1-6(18-9(13(23)24)2-7-4-16-5-17-7)11(14(25)26)19-12(22)8(15)3-10(20)21/h4-6,8-9,11,18H,2-3,15H2,1H3,(H,16,17)(H,19,22)(H,20,21)(H,23,24)(H,25,26)/t6-,8+,9+,11+/m1/s1. The van der Waals surface area contributed by atoms with Gasteiger partial charge in [0.2, 0.25) is 5.91 Å². The molecule has 0 aliphatic rings. The van der Waals surface area contributed by atoms with Crippen molar-refractivity contribution in [1.29, 1.82) is 0 Å². The van der Waals surface area contributed by atoms with Crippen LogP contribution in [0.2, 0.25) is 0 Å². The Labute approximate surface area is 147 Å². The van der Waals surface area contributed by atoms with Crippen LogP contribution < -0.4 is 16.4 Å². The number of carboxylic acid groups (broad SMARTS) is 3. The summed E-state index contributed by atoms with van der Waals surface area (Å²) in [6.45, 7) is 1.38. The van der Waals surface area contributed by atoms with E-state index in [9.17, 15) is 29.4 Å². The van der Waals surface area contributed by atoms with Crippen LogP contribution in [0.3, 0.4) is 0 Å². The molecule has 1 amide bonds. The first-order valence-corrected chi connectivity index (χ1v) is 7.58. The van der Waals surface area contributed by atoms with Gasteiger partial charge in [-0.15, -0.1) is 0 Å². The molecule has 1 aromatic heterocycles.